The number of hydrogen-bond donors (Lipinski definition) is 2. The molecule has 17 heavy (non-hydrogen) atoms. The molecule has 94 valence electrons. The Balaban J connectivity index is 2.72. The van der Waals surface area contributed by atoms with E-state index in [0.29, 0.717) is 4.47 Å². The smallest absolute Gasteiger partial charge is 0.401 e. The van der Waals surface area contributed by atoms with E-state index in [2.05, 4.69) is 15.9 Å². The molecular formula is C10H10BrF3N2O. The van der Waals surface area contributed by atoms with Crippen LogP contribution in [0.25, 0.3) is 0 Å². The summed E-state index contributed by atoms with van der Waals surface area (Å²) in [5.41, 5.74) is 4.90. The second-order valence-corrected chi connectivity index (χ2v) is 4.15. The van der Waals surface area contributed by atoms with Gasteiger partial charge in [-0.05, 0) is 28.1 Å². The molecule has 0 spiro atoms. The van der Waals surface area contributed by atoms with Gasteiger partial charge in [-0.1, -0.05) is 12.1 Å². The minimum absolute atomic E-state index is 0.281. The zero-order chi connectivity index (χ0) is 13.1. The molecule has 0 radical (unpaired) electrons. The van der Waals surface area contributed by atoms with E-state index in [0.717, 1.165) is 0 Å². The van der Waals surface area contributed by atoms with Gasteiger partial charge in [-0.15, -0.1) is 0 Å². The van der Waals surface area contributed by atoms with Crippen LogP contribution < -0.4 is 10.5 Å². The van der Waals surface area contributed by atoms with Crippen LogP contribution in [-0.2, 0) is 0 Å². The van der Waals surface area contributed by atoms with Gasteiger partial charge in [-0.3, -0.25) is 5.41 Å². The molecule has 0 heterocycles. The summed E-state index contributed by atoms with van der Waals surface area (Å²) in [4.78, 5) is 0. The Kier molecular flexibility index (Phi) is 4.39. The van der Waals surface area contributed by atoms with Crippen LogP contribution in [0.2, 0.25) is 0 Å². The van der Waals surface area contributed by atoms with E-state index >= 15 is 0 Å². The Morgan fingerprint density at radius 3 is 2.47 bits per heavy atom. The minimum atomic E-state index is -4.58. The Morgan fingerprint density at radius 2 is 2.00 bits per heavy atom. The van der Waals surface area contributed by atoms with E-state index in [4.69, 9.17) is 15.9 Å². The third-order valence-electron chi connectivity index (χ3n) is 2.01. The second-order valence-electron chi connectivity index (χ2n) is 3.29. The molecule has 1 aromatic carbocycles. The van der Waals surface area contributed by atoms with E-state index < -0.39 is 24.5 Å². The lowest BCUT2D eigenvalue weighted by atomic mass is 10.1. The summed E-state index contributed by atoms with van der Waals surface area (Å²) < 4.78 is 42.9. The molecule has 0 saturated carbocycles. The van der Waals surface area contributed by atoms with Crippen molar-refractivity contribution in [3.8, 4) is 5.75 Å². The van der Waals surface area contributed by atoms with Gasteiger partial charge >= 0.3 is 6.18 Å². The highest BCUT2D eigenvalue weighted by molar-refractivity contribution is 9.10. The van der Waals surface area contributed by atoms with E-state index in [-0.39, 0.29) is 5.75 Å². The number of benzene rings is 1. The average molecular weight is 311 g/mol. The van der Waals surface area contributed by atoms with Crippen molar-refractivity contribution in [1.82, 2.24) is 0 Å². The molecule has 0 aromatic heterocycles. The van der Waals surface area contributed by atoms with Gasteiger partial charge in [0.15, 0.2) is 0 Å². The Morgan fingerprint density at radius 1 is 1.41 bits per heavy atom. The maximum atomic E-state index is 12.5. The van der Waals surface area contributed by atoms with Crippen molar-refractivity contribution in [3.63, 3.8) is 0 Å². The lowest BCUT2D eigenvalue weighted by Gasteiger charge is -2.19. The number of rotatable bonds is 4. The molecule has 0 aliphatic heterocycles. The summed E-state index contributed by atoms with van der Waals surface area (Å²) in [5, 5.41) is 6.89. The molecule has 1 unspecified atom stereocenters. The van der Waals surface area contributed by atoms with Gasteiger partial charge in [-0.25, -0.2) is 0 Å². The Hall–Kier alpha value is -1.24. The molecule has 0 fully saturated rings. The maximum Gasteiger partial charge on any atom is 0.401 e. The quantitative estimate of drug-likeness (QED) is 0.663. The van der Waals surface area contributed by atoms with Gasteiger partial charge < -0.3 is 10.5 Å². The van der Waals surface area contributed by atoms with Gasteiger partial charge in [0.2, 0.25) is 0 Å². The van der Waals surface area contributed by atoms with E-state index in [1.54, 1.807) is 18.2 Å². The number of amidine groups is 1. The SMILES string of the molecule is N=C(N)C(COc1ccccc1Br)C(F)(F)F. The van der Waals surface area contributed by atoms with Crippen LogP contribution in [-0.4, -0.2) is 18.6 Å². The lowest BCUT2D eigenvalue weighted by molar-refractivity contribution is -0.162. The van der Waals surface area contributed by atoms with Gasteiger partial charge in [-0.2, -0.15) is 13.2 Å². The summed E-state index contributed by atoms with van der Waals surface area (Å²) in [6, 6.07) is 6.52. The van der Waals surface area contributed by atoms with Crippen LogP contribution in [0.3, 0.4) is 0 Å². The molecule has 1 atom stereocenters. The molecule has 0 aliphatic rings. The number of nitrogens with two attached hydrogens (primary N) is 1. The van der Waals surface area contributed by atoms with Crippen LogP contribution in [0.4, 0.5) is 13.2 Å². The molecule has 3 nitrogen and oxygen atoms in total. The monoisotopic (exact) mass is 310 g/mol. The summed E-state index contributed by atoms with van der Waals surface area (Å²) in [5.74, 6) is -2.76. The van der Waals surface area contributed by atoms with Crippen LogP contribution in [0.5, 0.6) is 5.75 Å². The number of alkyl halides is 3. The van der Waals surface area contributed by atoms with Crippen molar-refractivity contribution in [2.45, 2.75) is 6.18 Å². The van der Waals surface area contributed by atoms with Crippen LogP contribution >= 0.6 is 15.9 Å². The molecule has 0 amide bonds. The molecular weight excluding hydrogens is 301 g/mol. The topological polar surface area (TPSA) is 59.1 Å². The first-order valence-electron chi connectivity index (χ1n) is 4.60. The predicted octanol–water partition coefficient (Wildman–Crippen LogP) is 2.94. The average Bonchev–Trinajstić information content (AvgIpc) is 2.18. The lowest BCUT2D eigenvalue weighted by Crippen LogP contribution is -2.39. The van der Waals surface area contributed by atoms with Crippen molar-refractivity contribution < 1.29 is 17.9 Å². The van der Waals surface area contributed by atoms with Gasteiger partial charge in [0.1, 0.15) is 24.1 Å². The third kappa shape index (κ3) is 3.92. The van der Waals surface area contributed by atoms with Gasteiger partial charge in [0.05, 0.1) is 4.47 Å². The van der Waals surface area contributed by atoms with Crippen molar-refractivity contribution in [2.24, 2.45) is 11.7 Å². The predicted molar refractivity (Wildman–Crippen MR) is 61.1 cm³/mol. The Bertz CT molecular complexity index is 409. The van der Waals surface area contributed by atoms with Crippen LogP contribution in [0, 0.1) is 11.3 Å². The second kappa shape index (κ2) is 5.39. The number of hydrogen-bond acceptors (Lipinski definition) is 2. The zero-order valence-electron chi connectivity index (χ0n) is 8.59. The Labute approximate surface area is 104 Å². The molecule has 0 aliphatic carbocycles. The van der Waals surface area contributed by atoms with Crippen molar-refractivity contribution in [3.05, 3.63) is 28.7 Å². The summed E-state index contributed by atoms with van der Waals surface area (Å²) in [6.45, 7) is -0.707. The molecule has 7 heteroatoms. The molecule has 1 aromatic rings. The fraction of sp³-hybridized carbons (Fsp3) is 0.300. The van der Waals surface area contributed by atoms with E-state index in [9.17, 15) is 13.2 Å². The van der Waals surface area contributed by atoms with Crippen molar-refractivity contribution >= 4 is 21.8 Å². The van der Waals surface area contributed by atoms with Crippen LogP contribution in [0.15, 0.2) is 28.7 Å². The molecule has 0 bridgehead atoms. The fourth-order valence-corrected chi connectivity index (χ4v) is 1.49. The normalized spacial score (nSPS) is 13.2. The third-order valence-corrected chi connectivity index (χ3v) is 2.67. The highest BCUT2D eigenvalue weighted by Crippen LogP contribution is 2.29. The zero-order valence-corrected chi connectivity index (χ0v) is 10.2. The van der Waals surface area contributed by atoms with E-state index in [1.807, 2.05) is 0 Å². The van der Waals surface area contributed by atoms with Gasteiger partial charge in [0, 0.05) is 0 Å². The summed E-state index contributed by atoms with van der Waals surface area (Å²) in [7, 11) is 0. The van der Waals surface area contributed by atoms with Gasteiger partial charge in [0.25, 0.3) is 0 Å². The maximum absolute atomic E-state index is 12.5. The van der Waals surface area contributed by atoms with Crippen molar-refractivity contribution in [2.75, 3.05) is 6.61 Å². The number of nitrogens with one attached hydrogen (secondary N) is 1. The first-order valence-corrected chi connectivity index (χ1v) is 5.39. The van der Waals surface area contributed by atoms with E-state index in [1.165, 1.54) is 6.07 Å². The first kappa shape index (κ1) is 13.8. The molecule has 1 rings (SSSR count). The number of para-hydroxylation sites is 1. The molecule has 3 N–H and O–H groups in total. The minimum Gasteiger partial charge on any atom is -0.491 e. The fourth-order valence-electron chi connectivity index (χ4n) is 1.10. The van der Waals surface area contributed by atoms with Crippen LogP contribution in [0.1, 0.15) is 0 Å². The highest BCUT2D eigenvalue weighted by atomic mass is 79.9. The largest absolute Gasteiger partial charge is 0.491 e. The number of halogens is 4. The summed E-state index contributed by atoms with van der Waals surface area (Å²) >= 11 is 3.14. The first-order chi connectivity index (χ1) is 7.82. The molecule has 0 saturated heterocycles. The van der Waals surface area contributed by atoms with Crippen molar-refractivity contribution in [1.29, 1.82) is 5.41 Å². The summed E-state index contributed by atoms with van der Waals surface area (Å²) in [6.07, 6.45) is -4.58. The highest BCUT2D eigenvalue weighted by Gasteiger charge is 2.42. The number of ether oxygens (including phenoxy) is 1. The standard InChI is InChI=1S/C10H10BrF3N2O/c11-7-3-1-2-4-8(7)17-5-6(9(15)16)10(12,13)14/h1-4,6H,5H2,(H3,15,16).